The van der Waals surface area contributed by atoms with Crippen molar-refractivity contribution in [2.75, 3.05) is 6.54 Å². The number of nitrogens with zero attached hydrogens (tertiary/aromatic N) is 1. The summed E-state index contributed by atoms with van der Waals surface area (Å²) >= 11 is 0. The molecule has 0 aromatic carbocycles. The fraction of sp³-hybridized carbons (Fsp3) is 0.727. The van der Waals surface area contributed by atoms with Crippen LogP contribution in [0.5, 0.6) is 0 Å². The molecule has 0 radical (unpaired) electrons. The van der Waals surface area contributed by atoms with Crippen LogP contribution >= 0.6 is 0 Å². The molecule has 3 heteroatoms. The van der Waals surface area contributed by atoms with Gasteiger partial charge in [-0.2, -0.15) is 0 Å². The van der Waals surface area contributed by atoms with E-state index in [1.54, 1.807) is 6.33 Å². The molecule has 0 atom stereocenters. The fourth-order valence-electron chi connectivity index (χ4n) is 2.17. The zero-order valence-electron chi connectivity index (χ0n) is 8.84. The smallest absolute Gasteiger partial charge is 0.0925 e. The molecule has 1 aliphatic carbocycles. The van der Waals surface area contributed by atoms with Crippen LogP contribution in [0, 0.1) is 12.8 Å². The molecular formula is C11H19N3. The summed E-state index contributed by atoms with van der Waals surface area (Å²) < 4.78 is 0. The molecule has 0 saturated heterocycles. The Morgan fingerprint density at radius 2 is 2.29 bits per heavy atom. The van der Waals surface area contributed by atoms with Crippen molar-refractivity contribution in [3.63, 3.8) is 0 Å². The number of nitrogens with one attached hydrogen (secondary N) is 2. The van der Waals surface area contributed by atoms with Gasteiger partial charge in [0, 0.05) is 12.2 Å². The van der Waals surface area contributed by atoms with Gasteiger partial charge in [-0.15, -0.1) is 0 Å². The van der Waals surface area contributed by atoms with E-state index >= 15 is 0 Å². The van der Waals surface area contributed by atoms with E-state index in [0.717, 1.165) is 24.7 Å². The van der Waals surface area contributed by atoms with Crippen molar-refractivity contribution in [2.45, 2.75) is 39.2 Å². The molecule has 0 bridgehead atoms. The Hall–Kier alpha value is -0.830. The average Bonchev–Trinajstić information content (AvgIpc) is 2.78. The van der Waals surface area contributed by atoms with Gasteiger partial charge in [0.15, 0.2) is 0 Å². The third-order valence-electron chi connectivity index (χ3n) is 3.13. The van der Waals surface area contributed by atoms with Crippen LogP contribution in [0.2, 0.25) is 0 Å². The van der Waals surface area contributed by atoms with Gasteiger partial charge in [-0.25, -0.2) is 4.98 Å². The van der Waals surface area contributed by atoms with Gasteiger partial charge >= 0.3 is 0 Å². The summed E-state index contributed by atoms with van der Waals surface area (Å²) in [4.78, 5) is 7.36. The van der Waals surface area contributed by atoms with Crippen LogP contribution in [0.3, 0.4) is 0 Å². The molecule has 0 amide bonds. The lowest BCUT2D eigenvalue weighted by Crippen LogP contribution is -2.21. The second-order valence-corrected chi connectivity index (χ2v) is 4.26. The Morgan fingerprint density at radius 1 is 1.50 bits per heavy atom. The van der Waals surface area contributed by atoms with Crippen LogP contribution in [0.1, 0.15) is 37.1 Å². The third-order valence-corrected chi connectivity index (χ3v) is 3.13. The molecule has 1 aromatic rings. The maximum atomic E-state index is 4.26. The van der Waals surface area contributed by atoms with Crippen molar-refractivity contribution < 1.29 is 0 Å². The Balaban J connectivity index is 1.70. The van der Waals surface area contributed by atoms with E-state index in [-0.39, 0.29) is 0 Å². The summed E-state index contributed by atoms with van der Waals surface area (Å²) in [5.74, 6) is 0.911. The lowest BCUT2D eigenvalue weighted by molar-refractivity contribution is 0.487. The number of H-pyrrole nitrogens is 1. The normalized spacial score (nSPS) is 17.8. The van der Waals surface area contributed by atoms with Crippen LogP contribution in [0.15, 0.2) is 6.33 Å². The molecule has 1 fully saturated rings. The number of rotatable bonds is 4. The van der Waals surface area contributed by atoms with Crippen molar-refractivity contribution in [2.24, 2.45) is 5.92 Å². The highest BCUT2D eigenvalue weighted by Crippen LogP contribution is 2.23. The van der Waals surface area contributed by atoms with Gasteiger partial charge in [0.2, 0.25) is 0 Å². The zero-order chi connectivity index (χ0) is 9.80. The minimum atomic E-state index is 0.909. The Labute approximate surface area is 85.3 Å². The minimum absolute atomic E-state index is 0.909. The van der Waals surface area contributed by atoms with Gasteiger partial charge in [-0.05, 0) is 32.2 Å². The van der Waals surface area contributed by atoms with Crippen LogP contribution < -0.4 is 5.32 Å². The van der Waals surface area contributed by atoms with E-state index in [4.69, 9.17) is 0 Å². The third kappa shape index (κ3) is 2.35. The highest BCUT2D eigenvalue weighted by molar-refractivity contribution is 5.07. The van der Waals surface area contributed by atoms with Crippen molar-refractivity contribution in [1.29, 1.82) is 0 Å². The van der Waals surface area contributed by atoms with E-state index < -0.39 is 0 Å². The first-order valence-electron chi connectivity index (χ1n) is 5.56. The molecule has 14 heavy (non-hydrogen) atoms. The average molecular weight is 193 g/mol. The molecular weight excluding hydrogens is 174 g/mol. The number of aromatic nitrogens is 2. The number of hydrogen-bond acceptors (Lipinski definition) is 2. The monoisotopic (exact) mass is 193 g/mol. The second kappa shape index (κ2) is 4.60. The summed E-state index contributed by atoms with van der Waals surface area (Å²) in [6.07, 6.45) is 7.43. The van der Waals surface area contributed by atoms with Crippen molar-refractivity contribution in [1.82, 2.24) is 15.3 Å². The van der Waals surface area contributed by atoms with Crippen LogP contribution in [0.25, 0.3) is 0 Å². The maximum absolute atomic E-state index is 4.26. The first-order valence-corrected chi connectivity index (χ1v) is 5.56. The molecule has 1 heterocycles. The summed E-state index contributed by atoms with van der Waals surface area (Å²) in [5, 5.41) is 3.49. The summed E-state index contributed by atoms with van der Waals surface area (Å²) in [5.41, 5.74) is 2.34. The van der Waals surface area contributed by atoms with E-state index in [0.29, 0.717) is 0 Å². The van der Waals surface area contributed by atoms with E-state index in [9.17, 15) is 0 Å². The largest absolute Gasteiger partial charge is 0.348 e. The van der Waals surface area contributed by atoms with Crippen LogP contribution in [-0.2, 0) is 6.54 Å². The van der Waals surface area contributed by atoms with Gasteiger partial charge in [0.1, 0.15) is 0 Å². The van der Waals surface area contributed by atoms with Gasteiger partial charge in [0.25, 0.3) is 0 Å². The molecule has 78 valence electrons. The van der Waals surface area contributed by atoms with Crippen molar-refractivity contribution in [3.05, 3.63) is 17.7 Å². The Bertz CT molecular complexity index is 274. The molecule has 0 aliphatic heterocycles. The zero-order valence-corrected chi connectivity index (χ0v) is 8.84. The SMILES string of the molecule is Cc1[nH]cnc1CNCC1CCCC1. The topological polar surface area (TPSA) is 40.7 Å². The molecule has 1 saturated carbocycles. The first kappa shape index (κ1) is 9.71. The summed E-state index contributed by atoms with van der Waals surface area (Å²) in [7, 11) is 0. The predicted octanol–water partition coefficient (Wildman–Crippen LogP) is 2.00. The summed E-state index contributed by atoms with van der Waals surface area (Å²) in [6, 6.07) is 0. The first-order chi connectivity index (χ1) is 6.86. The summed E-state index contributed by atoms with van der Waals surface area (Å²) in [6.45, 7) is 4.14. The Morgan fingerprint density at radius 3 is 2.93 bits per heavy atom. The van der Waals surface area contributed by atoms with Gasteiger partial charge < -0.3 is 10.3 Å². The molecule has 2 rings (SSSR count). The minimum Gasteiger partial charge on any atom is -0.348 e. The number of imidazole rings is 1. The maximum Gasteiger partial charge on any atom is 0.0925 e. The van der Waals surface area contributed by atoms with E-state index in [1.807, 2.05) is 0 Å². The second-order valence-electron chi connectivity index (χ2n) is 4.26. The van der Waals surface area contributed by atoms with Gasteiger partial charge in [-0.3, -0.25) is 0 Å². The van der Waals surface area contributed by atoms with Gasteiger partial charge in [-0.1, -0.05) is 12.8 Å². The molecule has 1 aliphatic rings. The lowest BCUT2D eigenvalue weighted by Gasteiger charge is -2.09. The van der Waals surface area contributed by atoms with Gasteiger partial charge in [0.05, 0.1) is 12.0 Å². The van der Waals surface area contributed by atoms with Crippen molar-refractivity contribution in [3.8, 4) is 0 Å². The van der Waals surface area contributed by atoms with Crippen LogP contribution in [0.4, 0.5) is 0 Å². The van der Waals surface area contributed by atoms with Crippen LogP contribution in [-0.4, -0.2) is 16.5 Å². The molecule has 1 aromatic heterocycles. The Kier molecular flexibility index (Phi) is 3.19. The van der Waals surface area contributed by atoms with E-state index in [1.165, 1.54) is 31.4 Å². The fourth-order valence-corrected chi connectivity index (χ4v) is 2.17. The van der Waals surface area contributed by atoms with Crippen molar-refractivity contribution >= 4 is 0 Å². The quantitative estimate of drug-likeness (QED) is 0.768. The van der Waals surface area contributed by atoms with E-state index in [2.05, 4.69) is 22.2 Å². The predicted molar refractivity (Wildman–Crippen MR) is 57.0 cm³/mol. The number of aryl methyl sites for hydroxylation is 1. The molecule has 0 spiro atoms. The number of hydrogen-bond donors (Lipinski definition) is 2. The molecule has 0 unspecified atom stereocenters. The molecule has 3 nitrogen and oxygen atoms in total. The standard InChI is InChI=1S/C11H19N3/c1-9-11(14-8-13-9)7-12-6-10-4-2-3-5-10/h8,10,12H,2-7H2,1H3,(H,13,14). The molecule has 2 N–H and O–H groups in total. The number of aromatic amines is 1. The lowest BCUT2D eigenvalue weighted by atomic mass is 10.1. The highest BCUT2D eigenvalue weighted by Gasteiger charge is 2.14. The highest BCUT2D eigenvalue weighted by atomic mass is 14.9.